The number of carbonyl (C=O) groups is 1. The second-order valence-electron chi connectivity index (χ2n) is 6.60. The van der Waals surface area contributed by atoms with Gasteiger partial charge >= 0.3 is 0 Å². The number of aromatic nitrogens is 5. The van der Waals surface area contributed by atoms with Crippen LogP contribution in [0.3, 0.4) is 0 Å². The fourth-order valence-corrected chi connectivity index (χ4v) is 4.00. The van der Waals surface area contributed by atoms with Gasteiger partial charge in [-0.05, 0) is 19.8 Å². The topological polar surface area (TPSA) is 97.6 Å². The highest BCUT2D eigenvalue weighted by Crippen LogP contribution is 2.37. The maximum atomic E-state index is 12.7. The van der Waals surface area contributed by atoms with Crippen molar-refractivity contribution in [2.75, 3.05) is 5.32 Å². The number of carbonyl (C=O) groups excluding carboxylic acids is 1. The molecule has 3 heterocycles. The van der Waals surface area contributed by atoms with Crippen molar-refractivity contribution in [2.45, 2.75) is 64.0 Å². The number of rotatable bonds is 3. The minimum atomic E-state index is -0.343. The highest BCUT2D eigenvalue weighted by atomic mass is 16.2. The molecule has 2 aromatic rings. The Hall–Kier alpha value is -2.38. The molecule has 2 aromatic heterocycles. The molecule has 0 aromatic carbocycles. The predicted molar refractivity (Wildman–Crippen MR) is 88.0 cm³/mol. The van der Waals surface area contributed by atoms with Crippen LogP contribution in [0.25, 0.3) is 0 Å². The average molecular weight is 330 g/mol. The van der Waals surface area contributed by atoms with Crippen molar-refractivity contribution in [2.24, 2.45) is 0 Å². The molecular weight excluding hydrogens is 308 g/mol. The molecule has 0 spiro atoms. The summed E-state index contributed by atoms with van der Waals surface area (Å²) in [6.45, 7) is 2.63. The lowest BCUT2D eigenvalue weighted by Gasteiger charge is -2.27. The van der Waals surface area contributed by atoms with Crippen LogP contribution in [-0.2, 0) is 11.3 Å². The van der Waals surface area contributed by atoms with Crippen LogP contribution in [0.1, 0.15) is 68.8 Å². The van der Waals surface area contributed by atoms with Gasteiger partial charge in [-0.25, -0.2) is 9.67 Å². The number of anilines is 1. The summed E-state index contributed by atoms with van der Waals surface area (Å²) in [7, 11) is 0. The zero-order chi connectivity index (χ0) is 16.7. The highest BCUT2D eigenvalue weighted by Gasteiger charge is 2.36. The van der Waals surface area contributed by atoms with Crippen molar-refractivity contribution in [1.29, 1.82) is 0 Å². The van der Waals surface area contributed by atoms with Crippen LogP contribution in [0, 0.1) is 0 Å². The number of nitrogens with zero attached hydrogens (tertiary/aromatic N) is 4. The molecule has 1 aliphatic carbocycles. The third-order valence-electron chi connectivity index (χ3n) is 5.15. The van der Waals surface area contributed by atoms with Crippen molar-refractivity contribution >= 4 is 11.7 Å². The van der Waals surface area contributed by atoms with Gasteiger partial charge in [-0.3, -0.25) is 19.4 Å². The summed E-state index contributed by atoms with van der Waals surface area (Å²) < 4.78 is 3.64. The van der Waals surface area contributed by atoms with E-state index in [1.165, 1.54) is 12.7 Å². The smallest absolute Gasteiger partial charge is 0.270 e. The number of H-pyrrole nitrogens is 1. The van der Waals surface area contributed by atoms with Crippen LogP contribution in [0.4, 0.5) is 5.82 Å². The van der Waals surface area contributed by atoms with E-state index in [1.54, 1.807) is 4.68 Å². The third kappa shape index (κ3) is 2.37. The van der Waals surface area contributed by atoms with Gasteiger partial charge in [0.05, 0.1) is 17.5 Å². The lowest BCUT2D eigenvalue weighted by molar-refractivity contribution is -0.116. The van der Waals surface area contributed by atoms with E-state index in [2.05, 4.69) is 20.5 Å². The lowest BCUT2D eigenvalue weighted by Crippen LogP contribution is -2.29. The number of fused-ring (bicyclic) bond motifs is 1. The quantitative estimate of drug-likeness (QED) is 0.896. The zero-order valence-electron chi connectivity index (χ0n) is 13.8. The average Bonchev–Trinajstić information content (AvgIpc) is 3.19. The first-order valence-electron chi connectivity index (χ1n) is 8.71. The number of hydrogen-bond donors (Lipinski definition) is 2. The van der Waals surface area contributed by atoms with Crippen molar-refractivity contribution in [3.05, 3.63) is 28.1 Å². The molecule has 24 heavy (non-hydrogen) atoms. The molecule has 1 amide bonds. The van der Waals surface area contributed by atoms with Crippen LogP contribution in [0.2, 0.25) is 0 Å². The molecule has 8 heteroatoms. The Kier molecular flexibility index (Phi) is 3.74. The van der Waals surface area contributed by atoms with Gasteiger partial charge in [-0.2, -0.15) is 5.10 Å². The summed E-state index contributed by atoms with van der Waals surface area (Å²) in [5.41, 5.74) is 0.481. The van der Waals surface area contributed by atoms with E-state index >= 15 is 0 Å². The normalized spacial score (nSPS) is 21.5. The summed E-state index contributed by atoms with van der Waals surface area (Å²) in [5.74, 6) is 0.880. The second kappa shape index (κ2) is 5.92. The molecule has 8 nitrogen and oxygen atoms in total. The first-order chi connectivity index (χ1) is 11.7. The van der Waals surface area contributed by atoms with Gasteiger partial charge in [0.2, 0.25) is 5.91 Å². The molecule has 4 rings (SSSR count). The Balaban J connectivity index is 1.81. The van der Waals surface area contributed by atoms with Gasteiger partial charge in [0.1, 0.15) is 18.0 Å². The fourth-order valence-electron chi connectivity index (χ4n) is 4.00. The number of amides is 1. The van der Waals surface area contributed by atoms with Crippen molar-refractivity contribution < 1.29 is 4.79 Å². The third-order valence-corrected chi connectivity index (χ3v) is 5.15. The second-order valence-corrected chi connectivity index (χ2v) is 6.60. The minimum Gasteiger partial charge on any atom is -0.311 e. The highest BCUT2D eigenvalue weighted by molar-refractivity contribution is 5.94. The molecule has 1 fully saturated rings. The largest absolute Gasteiger partial charge is 0.311 e. The monoisotopic (exact) mass is 330 g/mol. The van der Waals surface area contributed by atoms with Gasteiger partial charge in [0, 0.05) is 13.0 Å². The minimum absolute atomic E-state index is 0.0817. The van der Waals surface area contributed by atoms with Crippen LogP contribution >= 0.6 is 0 Å². The van der Waals surface area contributed by atoms with E-state index in [9.17, 15) is 9.59 Å². The van der Waals surface area contributed by atoms with E-state index in [0.29, 0.717) is 23.8 Å². The van der Waals surface area contributed by atoms with Crippen LogP contribution in [-0.4, -0.2) is 30.5 Å². The Labute approximate surface area is 139 Å². The van der Waals surface area contributed by atoms with E-state index < -0.39 is 0 Å². The zero-order valence-corrected chi connectivity index (χ0v) is 13.8. The number of hydrogen-bond acceptors (Lipinski definition) is 4. The maximum absolute atomic E-state index is 12.7. The lowest BCUT2D eigenvalue weighted by atomic mass is 9.92. The SMILES string of the molecule is CCn1ncnc1C1CC(=O)Nc2c1c(=O)[nH]n2C1CCCCC1. The maximum Gasteiger partial charge on any atom is 0.270 e. The fraction of sp³-hybridized carbons (Fsp3) is 0.625. The van der Waals surface area contributed by atoms with E-state index in [-0.39, 0.29) is 29.8 Å². The Morgan fingerprint density at radius 3 is 2.79 bits per heavy atom. The Morgan fingerprint density at radius 2 is 2.04 bits per heavy atom. The summed E-state index contributed by atoms with van der Waals surface area (Å²) in [5, 5.41) is 10.1. The molecule has 2 aliphatic rings. The molecule has 1 saturated carbocycles. The molecule has 1 unspecified atom stereocenters. The molecule has 1 aliphatic heterocycles. The summed E-state index contributed by atoms with van der Waals surface area (Å²) >= 11 is 0. The molecule has 0 saturated heterocycles. The van der Waals surface area contributed by atoms with E-state index in [1.807, 2.05) is 11.6 Å². The number of nitrogens with one attached hydrogen (secondary N) is 2. The molecule has 128 valence electrons. The molecular formula is C16H22N6O2. The molecule has 0 radical (unpaired) electrons. The van der Waals surface area contributed by atoms with Gasteiger partial charge < -0.3 is 5.32 Å². The van der Waals surface area contributed by atoms with Gasteiger partial charge in [-0.15, -0.1) is 0 Å². The molecule has 0 bridgehead atoms. The van der Waals surface area contributed by atoms with Crippen molar-refractivity contribution in [1.82, 2.24) is 24.5 Å². The van der Waals surface area contributed by atoms with Gasteiger partial charge in [0.25, 0.3) is 5.56 Å². The van der Waals surface area contributed by atoms with E-state index in [0.717, 1.165) is 25.7 Å². The molecule has 1 atom stereocenters. The Morgan fingerprint density at radius 1 is 1.25 bits per heavy atom. The molecule has 2 N–H and O–H groups in total. The van der Waals surface area contributed by atoms with Crippen molar-refractivity contribution in [3.63, 3.8) is 0 Å². The predicted octanol–water partition coefficient (Wildman–Crippen LogP) is 1.77. The van der Waals surface area contributed by atoms with Gasteiger partial charge in [-0.1, -0.05) is 19.3 Å². The standard InChI is InChI=1S/C16H22N6O2/c1-2-21-14(17-9-18-21)11-8-12(23)19-15-13(11)16(24)20-22(15)10-6-4-3-5-7-10/h9-11H,2-8H2,1H3,(H,19,23)(H,20,24). The summed E-state index contributed by atoms with van der Waals surface area (Å²) in [4.78, 5) is 29.2. The first kappa shape index (κ1) is 15.2. The van der Waals surface area contributed by atoms with E-state index in [4.69, 9.17) is 0 Å². The number of aromatic amines is 1. The van der Waals surface area contributed by atoms with Crippen LogP contribution in [0.15, 0.2) is 11.1 Å². The van der Waals surface area contributed by atoms with Crippen LogP contribution in [0.5, 0.6) is 0 Å². The summed E-state index contributed by atoms with van der Waals surface area (Å²) in [6, 6.07) is 0.248. The first-order valence-corrected chi connectivity index (χ1v) is 8.71. The summed E-state index contributed by atoms with van der Waals surface area (Å²) in [6.07, 6.45) is 7.31. The van der Waals surface area contributed by atoms with Crippen molar-refractivity contribution in [3.8, 4) is 0 Å². The number of aryl methyl sites for hydroxylation is 1. The van der Waals surface area contributed by atoms with Crippen LogP contribution < -0.4 is 10.9 Å². The Bertz CT molecular complexity index is 811. The van der Waals surface area contributed by atoms with Gasteiger partial charge in [0.15, 0.2) is 0 Å².